The van der Waals surface area contributed by atoms with Crippen molar-refractivity contribution < 1.29 is 14.9 Å². The summed E-state index contributed by atoms with van der Waals surface area (Å²) in [7, 11) is 0. The van der Waals surface area contributed by atoms with Gasteiger partial charge in [-0.3, -0.25) is 0 Å². The van der Waals surface area contributed by atoms with Gasteiger partial charge in [-0.15, -0.1) is 0 Å². The lowest BCUT2D eigenvalue weighted by atomic mass is 10.2. The summed E-state index contributed by atoms with van der Waals surface area (Å²) in [6.45, 7) is -0.350. The van der Waals surface area contributed by atoms with E-state index in [1.165, 1.54) is 0 Å². The molecular weight excluding hydrogens is 170 g/mol. The molecule has 0 aromatic heterocycles. The van der Waals surface area contributed by atoms with Crippen molar-refractivity contribution in [2.24, 2.45) is 4.99 Å². The van der Waals surface area contributed by atoms with Crippen LogP contribution in [-0.4, -0.2) is 17.9 Å². The molecule has 0 heterocycles. The van der Waals surface area contributed by atoms with Gasteiger partial charge in [-0.2, -0.15) is 0 Å². The lowest BCUT2D eigenvalue weighted by molar-refractivity contribution is -0.252. The van der Waals surface area contributed by atoms with Crippen LogP contribution in [0.15, 0.2) is 35.3 Å². The summed E-state index contributed by atoms with van der Waals surface area (Å²) in [5, 5.41) is 18.9. The van der Waals surface area contributed by atoms with Gasteiger partial charge in [0.25, 0.3) is 0 Å². The van der Waals surface area contributed by atoms with Crippen molar-refractivity contribution in [3.8, 4) is 0 Å². The van der Waals surface area contributed by atoms with E-state index in [-0.39, 0.29) is 6.61 Å². The third-order valence-electron chi connectivity index (χ3n) is 1.40. The largest absolute Gasteiger partial charge is 0.596 e. The maximum absolute atomic E-state index is 10.7. The molecule has 0 amide bonds. The molecule has 0 bridgehead atoms. The van der Waals surface area contributed by atoms with Gasteiger partial charge in [0.2, 0.25) is 0 Å². The van der Waals surface area contributed by atoms with Crippen LogP contribution >= 0.6 is 0 Å². The van der Waals surface area contributed by atoms with Gasteiger partial charge in [0.15, 0.2) is 0 Å². The van der Waals surface area contributed by atoms with Gasteiger partial charge in [0, 0.05) is 6.61 Å². The van der Waals surface area contributed by atoms with Crippen LogP contribution in [0.5, 0.6) is 0 Å². The number of nitrogens with zero attached hydrogens (tertiary/aromatic N) is 1. The second kappa shape index (κ2) is 5.16. The minimum atomic E-state index is -0.744. The summed E-state index contributed by atoms with van der Waals surface area (Å²) in [4.78, 5) is 3.13. The number of hydrogen-bond donors (Lipinski definition) is 1. The number of ether oxygens (including phenoxy) is 1. The Hall–Kier alpha value is -1.55. The van der Waals surface area contributed by atoms with Gasteiger partial charge in [-0.05, 0) is 5.56 Å². The molecule has 0 aliphatic heterocycles. The molecule has 0 radical (unpaired) electrons. The fourth-order valence-electron chi connectivity index (χ4n) is 0.823. The van der Waals surface area contributed by atoms with Crippen LogP contribution in [0, 0.1) is 0 Å². The molecule has 1 N–H and O–H groups in total. The molecule has 1 aromatic rings. The summed E-state index contributed by atoms with van der Waals surface area (Å²) in [6.07, 6.45) is -0.744. The minimum Gasteiger partial charge on any atom is -0.596 e. The smallest absolute Gasteiger partial charge is 0.148 e. The number of aliphatic hydroxyl groups excluding tert-OH is 1. The van der Waals surface area contributed by atoms with Gasteiger partial charge in [-0.25, -0.2) is 4.99 Å². The number of aliphatic imine (C=N–C) groups is 1. The molecule has 4 heteroatoms. The highest BCUT2D eigenvalue weighted by Gasteiger charge is 1.86. The molecule has 13 heavy (non-hydrogen) atoms. The predicted molar refractivity (Wildman–Crippen MR) is 45.8 cm³/mol. The Morgan fingerprint density at radius 2 is 2.08 bits per heavy atom. The first-order valence-corrected chi connectivity index (χ1v) is 3.82. The van der Waals surface area contributed by atoms with E-state index in [1.54, 1.807) is 0 Å². The van der Waals surface area contributed by atoms with E-state index in [2.05, 4.69) is 4.99 Å². The Bertz CT molecular complexity index is 271. The van der Waals surface area contributed by atoms with Crippen molar-refractivity contribution >= 4 is 6.08 Å². The molecular formula is C9H10NO3-. The summed E-state index contributed by atoms with van der Waals surface area (Å²) >= 11 is 0. The highest BCUT2D eigenvalue weighted by Crippen LogP contribution is 1.99. The third kappa shape index (κ3) is 3.57. The SMILES string of the molecule is [O-]/C(=N\CO)OCc1ccccc1. The second-order valence-electron chi connectivity index (χ2n) is 2.34. The summed E-state index contributed by atoms with van der Waals surface area (Å²) in [5.74, 6) is 0. The van der Waals surface area contributed by atoms with Crippen LogP contribution in [0.1, 0.15) is 5.56 Å². The zero-order valence-corrected chi connectivity index (χ0v) is 7.01. The topological polar surface area (TPSA) is 64.9 Å². The fraction of sp³-hybridized carbons (Fsp3) is 0.222. The molecule has 0 spiro atoms. The predicted octanol–water partition coefficient (Wildman–Crippen LogP) is -0.131. The number of aliphatic hydroxyl groups is 1. The van der Waals surface area contributed by atoms with Crippen LogP contribution in [-0.2, 0) is 11.3 Å². The highest BCUT2D eigenvalue weighted by atomic mass is 16.6. The Morgan fingerprint density at radius 3 is 2.69 bits per heavy atom. The lowest BCUT2D eigenvalue weighted by Crippen LogP contribution is -2.21. The molecule has 1 rings (SSSR count). The highest BCUT2D eigenvalue weighted by molar-refractivity contribution is 5.61. The van der Waals surface area contributed by atoms with Crippen LogP contribution in [0.2, 0.25) is 0 Å². The molecule has 0 saturated heterocycles. The van der Waals surface area contributed by atoms with Gasteiger partial charge >= 0.3 is 0 Å². The van der Waals surface area contributed by atoms with Crippen molar-refractivity contribution in [1.82, 2.24) is 0 Å². The molecule has 0 saturated carbocycles. The molecule has 4 nitrogen and oxygen atoms in total. The normalized spacial score (nSPS) is 11.3. The Balaban J connectivity index is 2.39. The first-order chi connectivity index (χ1) is 6.33. The van der Waals surface area contributed by atoms with E-state index < -0.39 is 12.8 Å². The van der Waals surface area contributed by atoms with Gasteiger partial charge in [-0.1, -0.05) is 30.3 Å². The molecule has 0 unspecified atom stereocenters. The van der Waals surface area contributed by atoms with Crippen molar-refractivity contribution in [3.05, 3.63) is 35.9 Å². The molecule has 70 valence electrons. The molecule has 0 aliphatic rings. The van der Waals surface area contributed by atoms with E-state index in [4.69, 9.17) is 9.84 Å². The summed E-state index contributed by atoms with van der Waals surface area (Å²) in [5.41, 5.74) is 0.893. The van der Waals surface area contributed by atoms with Crippen molar-refractivity contribution in [1.29, 1.82) is 0 Å². The molecule has 1 aromatic carbocycles. The van der Waals surface area contributed by atoms with Crippen LogP contribution in [0.4, 0.5) is 0 Å². The molecule has 0 aliphatic carbocycles. The van der Waals surface area contributed by atoms with Crippen molar-refractivity contribution in [2.45, 2.75) is 6.61 Å². The van der Waals surface area contributed by atoms with Gasteiger partial charge < -0.3 is 14.9 Å². The maximum Gasteiger partial charge on any atom is 0.148 e. The minimum absolute atomic E-state index is 0.184. The van der Waals surface area contributed by atoms with E-state index >= 15 is 0 Å². The quantitative estimate of drug-likeness (QED) is 0.520. The van der Waals surface area contributed by atoms with E-state index in [1.807, 2.05) is 30.3 Å². The zero-order chi connectivity index (χ0) is 9.52. The van der Waals surface area contributed by atoms with Gasteiger partial charge in [0.1, 0.15) is 12.8 Å². The first kappa shape index (κ1) is 9.54. The standard InChI is InChI=1S/C9H11NO3/c11-7-10-9(12)13-6-8-4-2-1-3-5-8/h1-5,11H,6-7H2,(H,10,12)/p-1. The number of rotatable bonds is 3. The van der Waals surface area contributed by atoms with Crippen molar-refractivity contribution in [3.63, 3.8) is 0 Å². The first-order valence-electron chi connectivity index (χ1n) is 3.82. The third-order valence-corrected chi connectivity index (χ3v) is 1.40. The van der Waals surface area contributed by atoms with E-state index in [9.17, 15) is 5.11 Å². The Kier molecular flexibility index (Phi) is 3.78. The molecule has 0 atom stereocenters. The average molecular weight is 180 g/mol. The summed E-state index contributed by atoms with van der Waals surface area (Å²) in [6, 6.07) is 9.26. The van der Waals surface area contributed by atoms with Gasteiger partial charge in [0.05, 0.1) is 0 Å². The van der Waals surface area contributed by atoms with Crippen LogP contribution in [0.3, 0.4) is 0 Å². The van der Waals surface area contributed by atoms with Crippen LogP contribution < -0.4 is 5.11 Å². The molecule has 0 fully saturated rings. The lowest BCUT2D eigenvalue weighted by Gasteiger charge is -2.13. The van der Waals surface area contributed by atoms with Crippen LogP contribution in [0.25, 0.3) is 0 Å². The van der Waals surface area contributed by atoms with E-state index in [0.29, 0.717) is 0 Å². The number of hydrogen-bond acceptors (Lipinski definition) is 4. The Morgan fingerprint density at radius 1 is 1.38 bits per heavy atom. The monoisotopic (exact) mass is 180 g/mol. The maximum atomic E-state index is 10.7. The van der Waals surface area contributed by atoms with E-state index in [0.717, 1.165) is 5.56 Å². The fourth-order valence-corrected chi connectivity index (χ4v) is 0.823. The second-order valence-corrected chi connectivity index (χ2v) is 2.34. The zero-order valence-electron chi connectivity index (χ0n) is 7.01. The van der Waals surface area contributed by atoms with Crippen molar-refractivity contribution in [2.75, 3.05) is 6.73 Å². The summed E-state index contributed by atoms with van der Waals surface area (Å²) < 4.78 is 4.70. The number of benzene rings is 1. The average Bonchev–Trinajstić information content (AvgIpc) is 2.17. The Labute approximate surface area is 76.1 Å².